The molecule has 1 aliphatic heterocycles. The maximum absolute atomic E-state index is 5.95. The Morgan fingerprint density at radius 1 is 1.32 bits per heavy atom. The van der Waals surface area contributed by atoms with E-state index in [1.54, 1.807) is 0 Å². The number of aromatic nitrogens is 2. The molecule has 0 aliphatic carbocycles. The number of morpholine rings is 1. The summed E-state index contributed by atoms with van der Waals surface area (Å²) < 4.78 is 7.76. The molecule has 2 aromatic rings. The van der Waals surface area contributed by atoms with Gasteiger partial charge in [-0.25, -0.2) is 0 Å². The van der Waals surface area contributed by atoms with E-state index in [9.17, 15) is 0 Å². The van der Waals surface area contributed by atoms with Gasteiger partial charge in [0.15, 0.2) is 5.96 Å². The number of aliphatic imine (C=N–C) groups is 1. The lowest BCUT2D eigenvalue weighted by molar-refractivity contribution is -0.00808. The van der Waals surface area contributed by atoms with Crippen LogP contribution in [-0.2, 0) is 17.2 Å². The van der Waals surface area contributed by atoms with Crippen molar-refractivity contribution in [1.29, 1.82) is 0 Å². The molecule has 1 aliphatic rings. The summed E-state index contributed by atoms with van der Waals surface area (Å²) in [5, 5.41) is 7.83. The number of nitrogens with one attached hydrogen (secondary N) is 1. The van der Waals surface area contributed by atoms with Crippen molar-refractivity contribution in [1.82, 2.24) is 20.0 Å². The van der Waals surface area contributed by atoms with Crippen LogP contribution in [0.1, 0.15) is 36.6 Å². The zero-order chi connectivity index (χ0) is 19.4. The minimum absolute atomic E-state index is 0. The van der Waals surface area contributed by atoms with E-state index in [1.165, 1.54) is 11.1 Å². The molecular formula is C21H32IN5O. The molecule has 154 valence electrons. The summed E-state index contributed by atoms with van der Waals surface area (Å²) >= 11 is 0. The molecule has 7 heteroatoms. The molecule has 1 unspecified atom stereocenters. The minimum Gasteiger partial charge on any atom is -0.370 e. The zero-order valence-corrected chi connectivity index (χ0v) is 19.8. The van der Waals surface area contributed by atoms with Crippen molar-refractivity contribution in [3.05, 3.63) is 53.3 Å². The molecule has 1 atom stereocenters. The molecule has 1 N–H and O–H groups in total. The fourth-order valence-corrected chi connectivity index (χ4v) is 3.39. The van der Waals surface area contributed by atoms with Crippen LogP contribution in [0.2, 0.25) is 0 Å². The number of aryl methyl sites for hydroxylation is 2. The Hall–Kier alpha value is -1.61. The van der Waals surface area contributed by atoms with Crippen molar-refractivity contribution in [3.63, 3.8) is 0 Å². The number of benzene rings is 1. The predicted molar refractivity (Wildman–Crippen MR) is 124 cm³/mol. The second-order valence-corrected chi connectivity index (χ2v) is 7.90. The molecule has 2 heterocycles. The lowest BCUT2D eigenvalue weighted by Crippen LogP contribution is -2.50. The smallest absolute Gasteiger partial charge is 0.193 e. The normalized spacial score (nSPS) is 18.0. The molecule has 1 aromatic carbocycles. The Morgan fingerprint density at radius 3 is 2.64 bits per heavy atom. The summed E-state index contributed by atoms with van der Waals surface area (Å²) in [7, 11) is 3.77. The summed E-state index contributed by atoms with van der Waals surface area (Å²) in [5.41, 5.74) is 3.73. The lowest BCUT2D eigenvalue weighted by atomic mass is 9.84. The first-order chi connectivity index (χ1) is 12.9. The lowest BCUT2D eigenvalue weighted by Gasteiger charge is -2.36. The van der Waals surface area contributed by atoms with Crippen molar-refractivity contribution in [2.24, 2.45) is 12.0 Å². The molecule has 0 spiro atoms. The van der Waals surface area contributed by atoms with Gasteiger partial charge in [0.1, 0.15) is 6.10 Å². The minimum atomic E-state index is 0. The molecule has 6 nitrogen and oxygen atoms in total. The van der Waals surface area contributed by atoms with E-state index in [0.29, 0.717) is 6.61 Å². The van der Waals surface area contributed by atoms with E-state index >= 15 is 0 Å². The predicted octanol–water partition coefficient (Wildman–Crippen LogP) is 3.27. The first-order valence-corrected chi connectivity index (χ1v) is 9.52. The van der Waals surface area contributed by atoms with Gasteiger partial charge in [0, 0.05) is 44.4 Å². The Labute approximate surface area is 185 Å². The van der Waals surface area contributed by atoms with Gasteiger partial charge in [-0.2, -0.15) is 5.10 Å². The van der Waals surface area contributed by atoms with E-state index in [2.05, 4.69) is 65.3 Å². The van der Waals surface area contributed by atoms with Crippen LogP contribution in [0.15, 0.2) is 41.7 Å². The maximum atomic E-state index is 5.95. The van der Waals surface area contributed by atoms with Crippen LogP contribution in [0.25, 0.3) is 0 Å². The third-order valence-electron chi connectivity index (χ3n) is 5.20. The Morgan fingerprint density at radius 2 is 2.04 bits per heavy atom. The van der Waals surface area contributed by atoms with Crippen LogP contribution in [0, 0.1) is 6.92 Å². The quantitative estimate of drug-likeness (QED) is 0.401. The first-order valence-electron chi connectivity index (χ1n) is 9.52. The number of rotatable bonds is 4. The zero-order valence-electron chi connectivity index (χ0n) is 17.5. The van der Waals surface area contributed by atoms with Crippen LogP contribution >= 0.6 is 24.0 Å². The molecule has 28 heavy (non-hydrogen) atoms. The van der Waals surface area contributed by atoms with Gasteiger partial charge in [-0.05, 0) is 12.5 Å². The molecule has 1 aromatic heterocycles. The number of hydrogen-bond acceptors (Lipinski definition) is 3. The highest BCUT2D eigenvalue weighted by molar-refractivity contribution is 14.0. The second kappa shape index (κ2) is 9.73. The SMILES string of the molecule is CN=C(NCC(C)(C)c1ccc(C)cc1)N1CCOC(c2cnn(C)c2)C1.I. The number of hydrogen-bond donors (Lipinski definition) is 1. The summed E-state index contributed by atoms with van der Waals surface area (Å²) in [5.74, 6) is 0.923. The van der Waals surface area contributed by atoms with Crippen LogP contribution in [0.5, 0.6) is 0 Å². The molecule has 0 amide bonds. The summed E-state index contributed by atoms with van der Waals surface area (Å²) in [6.07, 6.45) is 3.92. The van der Waals surface area contributed by atoms with Crippen LogP contribution in [0.4, 0.5) is 0 Å². The van der Waals surface area contributed by atoms with E-state index in [-0.39, 0.29) is 35.5 Å². The molecule has 0 radical (unpaired) electrons. The van der Waals surface area contributed by atoms with Crippen LogP contribution in [0.3, 0.4) is 0 Å². The highest BCUT2D eigenvalue weighted by Crippen LogP contribution is 2.24. The van der Waals surface area contributed by atoms with Crippen molar-refractivity contribution in [2.45, 2.75) is 32.3 Å². The molecule has 1 saturated heterocycles. The number of ether oxygens (including phenoxy) is 1. The number of guanidine groups is 1. The van der Waals surface area contributed by atoms with E-state index in [4.69, 9.17) is 4.74 Å². The van der Waals surface area contributed by atoms with Crippen LogP contribution in [-0.4, -0.2) is 53.9 Å². The topological polar surface area (TPSA) is 54.7 Å². The average molecular weight is 497 g/mol. The standard InChI is InChI=1S/C21H31N5O.HI/c1-16-6-8-18(9-7-16)21(2,3)15-23-20(22-4)26-10-11-27-19(14-26)17-12-24-25(5)13-17;/h6-9,12-13,19H,10-11,14-15H2,1-5H3,(H,22,23);1H. The van der Waals surface area contributed by atoms with Gasteiger partial charge in [0.2, 0.25) is 0 Å². The molecule has 1 fully saturated rings. The molecule has 0 saturated carbocycles. The van der Waals surface area contributed by atoms with Crippen molar-refractivity contribution in [2.75, 3.05) is 33.3 Å². The third kappa shape index (κ3) is 5.47. The first kappa shape index (κ1) is 22.7. The van der Waals surface area contributed by atoms with Gasteiger partial charge in [0.05, 0.1) is 19.3 Å². The molecule has 0 bridgehead atoms. The molecule has 3 rings (SSSR count). The molecular weight excluding hydrogens is 465 g/mol. The van der Waals surface area contributed by atoms with Crippen LogP contribution < -0.4 is 5.32 Å². The maximum Gasteiger partial charge on any atom is 0.193 e. The van der Waals surface area contributed by atoms with Gasteiger partial charge in [-0.15, -0.1) is 24.0 Å². The summed E-state index contributed by atoms with van der Waals surface area (Å²) in [6.45, 7) is 9.75. The summed E-state index contributed by atoms with van der Waals surface area (Å²) in [6, 6.07) is 8.78. The van der Waals surface area contributed by atoms with E-state index < -0.39 is 0 Å². The van der Waals surface area contributed by atoms with E-state index in [0.717, 1.165) is 31.2 Å². The van der Waals surface area contributed by atoms with Crippen molar-refractivity contribution >= 4 is 29.9 Å². The Balaban J connectivity index is 0.00000280. The highest BCUT2D eigenvalue weighted by atomic mass is 127. The van der Waals surface area contributed by atoms with Crippen molar-refractivity contribution in [3.8, 4) is 0 Å². The largest absolute Gasteiger partial charge is 0.370 e. The van der Waals surface area contributed by atoms with Gasteiger partial charge >= 0.3 is 0 Å². The third-order valence-corrected chi connectivity index (χ3v) is 5.20. The second-order valence-electron chi connectivity index (χ2n) is 7.90. The fourth-order valence-electron chi connectivity index (χ4n) is 3.39. The fraction of sp³-hybridized carbons (Fsp3) is 0.524. The number of nitrogens with zero attached hydrogens (tertiary/aromatic N) is 4. The van der Waals surface area contributed by atoms with Gasteiger partial charge in [-0.3, -0.25) is 9.67 Å². The van der Waals surface area contributed by atoms with E-state index in [1.807, 2.05) is 31.2 Å². The van der Waals surface area contributed by atoms with Gasteiger partial charge < -0.3 is 15.0 Å². The Bertz CT molecular complexity index is 784. The Kier molecular flexibility index (Phi) is 7.88. The monoisotopic (exact) mass is 497 g/mol. The average Bonchev–Trinajstić information content (AvgIpc) is 3.09. The van der Waals surface area contributed by atoms with Crippen molar-refractivity contribution < 1.29 is 4.74 Å². The summed E-state index contributed by atoms with van der Waals surface area (Å²) in [4.78, 5) is 6.78. The van der Waals surface area contributed by atoms with Gasteiger partial charge in [0.25, 0.3) is 0 Å². The van der Waals surface area contributed by atoms with Gasteiger partial charge in [-0.1, -0.05) is 43.7 Å². The highest BCUT2D eigenvalue weighted by Gasteiger charge is 2.27. The number of halogens is 1.